The summed E-state index contributed by atoms with van der Waals surface area (Å²) in [5, 5.41) is 10.7. The first-order valence-electron chi connectivity index (χ1n) is 7.62. The Labute approximate surface area is 154 Å². The van der Waals surface area contributed by atoms with Gasteiger partial charge in [0.05, 0.1) is 23.4 Å². The molecule has 1 aromatic heterocycles. The number of hydrogen-bond donors (Lipinski definition) is 1. The van der Waals surface area contributed by atoms with Crippen molar-refractivity contribution in [2.45, 2.75) is 0 Å². The molecule has 0 bridgehead atoms. The van der Waals surface area contributed by atoms with Crippen molar-refractivity contribution in [3.05, 3.63) is 62.9 Å². The van der Waals surface area contributed by atoms with E-state index in [-0.39, 0.29) is 5.88 Å². The van der Waals surface area contributed by atoms with E-state index in [0.29, 0.717) is 8.83 Å². The number of nitrogens with zero attached hydrogens (tertiary/aromatic N) is 2. The molecule has 0 unspecified atom stereocenters. The number of fused-ring (bicyclic) bond motifs is 1. The minimum absolute atomic E-state index is 0.130. The van der Waals surface area contributed by atoms with Gasteiger partial charge in [-0.25, -0.2) is 0 Å². The van der Waals surface area contributed by atoms with E-state index in [4.69, 9.17) is 17.0 Å². The first-order chi connectivity index (χ1) is 12.2. The van der Waals surface area contributed by atoms with Gasteiger partial charge in [0.1, 0.15) is 5.75 Å². The zero-order chi connectivity index (χ0) is 17.4. The Bertz CT molecular complexity index is 1060. The van der Waals surface area contributed by atoms with Crippen LogP contribution in [0.15, 0.2) is 53.5 Å². The second kappa shape index (κ2) is 6.31. The van der Waals surface area contributed by atoms with Gasteiger partial charge in [-0.3, -0.25) is 9.56 Å². The van der Waals surface area contributed by atoms with Crippen molar-refractivity contribution in [3.8, 4) is 17.3 Å². The molecule has 0 saturated heterocycles. The van der Waals surface area contributed by atoms with Gasteiger partial charge in [-0.15, -0.1) is 11.3 Å². The van der Waals surface area contributed by atoms with Crippen LogP contribution < -0.4 is 4.74 Å². The van der Waals surface area contributed by atoms with E-state index in [1.54, 1.807) is 11.7 Å². The van der Waals surface area contributed by atoms with E-state index in [1.807, 2.05) is 60.8 Å². The second-order valence-corrected chi connectivity index (χ2v) is 7.14. The van der Waals surface area contributed by atoms with Gasteiger partial charge < -0.3 is 9.84 Å². The van der Waals surface area contributed by atoms with Gasteiger partial charge in [-0.05, 0) is 48.6 Å². The average molecular weight is 366 g/mol. The number of para-hydroxylation sites is 1. The third-order valence-corrected chi connectivity index (χ3v) is 5.30. The Morgan fingerprint density at radius 3 is 2.68 bits per heavy atom. The van der Waals surface area contributed by atoms with Crippen LogP contribution in [0.4, 0.5) is 5.69 Å². The molecule has 0 saturated carbocycles. The molecular formula is C19H14N2O2S2. The molecule has 1 N–H and O–H groups in total. The van der Waals surface area contributed by atoms with Crippen LogP contribution in [0.25, 0.3) is 17.3 Å². The summed E-state index contributed by atoms with van der Waals surface area (Å²) in [5.74, 6) is 0.886. The summed E-state index contributed by atoms with van der Waals surface area (Å²) in [5.41, 5.74) is 3.75. The minimum Gasteiger partial charge on any atom is -0.497 e. The van der Waals surface area contributed by atoms with E-state index in [9.17, 15) is 5.11 Å². The second-order valence-electron chi connectivity index (χ2n) is 5.46. The van der Waals surface area contributed by atoms with Gasteiger partial charge in [0.25, 0.3) is 0 Å². The Hall–Kier alpha value is -2.70. The molecule has 2 aromatic carbocycles. The molecule has 3 aromatic rings. The molecule has 0 fully saturated rings. The summed E-state index contributed by atoms with van der Waals surface area (Å²) in [6.45, 7) is 0. The number of methoxy groups -OCH3 is 1. The van der Waals surface area contributed by atoms with Crippen molar-refractivity contribution in [2.75, 3.05) is 7.11 Å². The lowest BCUT2D eigenvalue weighted by atomic mass is 10.1. The maximum Gasteiger partial charge on any atom is 0.215 e. The summed E-state index contributed by atoms with van der Waals surface area (Å²) in [7, 11) is 1.62. The molecule has 124 valence electrons. The number of ether oxygens (including phenoxy) is 1. The van der Waals surface area contributed by atoms with Crippen LogP contribution in [0.5, 0.6) is 11.6 Å². The molecule has 0 atom stereocenters. The summed E-state index contributed by atoms with van der Waals surface area (Å²) in [6, 6.07) is 15.3. The number of hydrogen-bond acceptors (Lipinski definition) is 5. The lowest BCUT2D eigenvalue weighted by molar-refractivity contribution is 0.414. The molecule has 0 radical (unpaired) electrons. The summed E-state index contributed by atoms with van der Waals surface area (Å²) >= 11 is 6.82. The van der Waals surface area contributed by atoms with E-state index in [2.05, 4.69) is 4.99 Å². The Morgan fingerprint density at radius 1 is 1.16 bits per heavy atom. The fraction of sp³-hybridized carbons (Fsp3) is 0.0526. The van der Waals surface area contributed by atoms with E-state index in [1.165, 1.54) is 11.3 Å². The van der Waals surface area contributed by atoms with Crippen LogP contribution in [0.1, 0.15) is 10.4 Å². The third-order valence-electron chi connectivity index (χ3n) is 3.99. The number of aliphatic imine (C=N–C) groups is 1. The van der Waals surface area contributed by atoms with Crippen LogP contribution in [0.3, 0.4) is 0 Å². The largest absolute Gasteiger partial charge is 0.497 e. The van der Waals surface area contributed by atoms with E-state index >= 15 is 0 Å². The van der Waals surface area contributed by atoms with Gasteiger partial charge in [-0.1, -0.05) is 18.2 Å². The number of allylic oxidation sites excluding steroid dienone is 1. The molecule has 4 nitrogen and oxygen atoms in total. The van der Waals surface area contributed by atoms with Crippen LogP contribution in [-0.2, 0) is 0 Å². The molecule has 0 aliphatic carbocycles. The molecule has 0 spiro atoms. The van der Waals surface area contributed by atoms with Crippen LogP contribution in [-0.4, -0.2) is 23.0 Å². The zero-order valence-electron chi connectivity index (χ0n) is 13.3. The topological polar surface area (TPSA) is 46.8 Å². The minimum atomic E-state index is 0.130. The molecule has 1 aliphatic rings. The number of aromatic nitrogens is 1. The maximum atomic E-state index is 10.7. The van der Waals surface area contributed by atoms with Gasteiger partial charge in [0, 0.05) is 17.4 Å². The van der Waals surface area contributed by atoms with Gasteiger partial charge in [-0.2, -0.15) is 0 Å². The van der Waals surface area contributed by atoms with Crippen molar-refractivity contribution < 1.29 is 9.84 Å². The first-order valence-corrected chi connectivity index (χ1v) is 8.84. The molecule has 2 heterocycles. The SMILES string of the molecule is COc1ccc(-n2c(O)c(C=C3C=Nc4ccccc43)sc2=S)cc1. The smallest absolute Gasteiger partial charge is 0.215 e. The predicted octanol–water partition coefficient (Wildman–Crippen LogP) is 5.24. The van der Waals surface area contributed by atoms with Crippen molar-refractivity contribution in [3.63, 3.8) is 0 Å². The number of rotatable bonds is 3. The summed E-state index contributed by atoms with van der Waals surface area (Å²) in [4.78, 5) is 5.10. The fourth-order valence-corrected chi connectivity index (χ4v) is 4.03. The molecule has 0 amide bonds. The molecular weight excluding hydrogens is 352 g/mol. The molecule has 1 aliphatic heterocycles. The molecule has 25 heavy (non-hydrogen) atoms. The highest BCUT2D eigenvalue weighted by molar-refractivity contribution is 7.73. The van der Waals surface area contributed by atoms with Gasteiger partial charge in [0.2, 0.25) is 5.88 Å². The highest BCUT2D eigenvalue weighted by Gasteiger charge is 2.16. The van der Waals surface area contributed by atoms with Crippen molar-refractivity contribution in [2.24, 2.45) is 4.99 Å². The number of aromatic hydroxyl groups is 1. The number of benzene rings is 2. The summed E-state index contributed by atoms with van der Waals surface area (Å²) < 4.78 is 7.41. The third kappa shape index (κ3) is 2.79. The zero-order valence-corrected chi connectivity index (χ0v) is 15.0. The quantitative estimate of drug-likeness (QED) is 0.645. The highest BCUT2D eigenvalue weighted by Crippen LogP contribution is 2.36. The fourth-order valence-electron chi connectivity index (χ4n) is 2.73. The van der Waals surface area contributed by atoms with Gasteiger partial charge >= 0.3 is 0 Å². The Balaban J connectivity index is 1.77. The van der Waals surface area contributed by atoms with Crippen molar-refractivity contribution >= 4 is 47.1 Å². The van der Waals surface area contributed by atoms with Gasteiger partial charge in [0.15, 0.2) is 3.95 Å². The van der Waals surface area contributed by atoms with E-state index in [0.717, 1.165) is 28.3 Å². The maximum absolute atomic E-state index is 10.7. The van der Waals surface area contributed by atoms with E-state index < -0.39 is 0 Å². The Kier molecular flexibility index (Phi) is 3.99. The highest BCUT2D eigenvalue weighted by atomic mass is 32.1. The standard InChI is InChI=1S/C19H14N2O2S2/c1-23-14-8-6-13(7-9-14)21-18(22)17(25-19(21)24)10-12-11-20-16-5-3-2-4-15(12)16/h2-11,22H,1H3. The molecule has 4 rings (SSSR count). The first kappa shape index (κ1) is 15.8. The lowest BCUT2D eigenvalue weighted by Gasteiger charge is -2.06. The van der Waals surface area contributed by atoms with Crippen molar-refractivity contribution in [1.82, 2.24) is 4.57 Å². The molecule has 6 heteroatoms. The Morgan fingerprint density at radius 2 is 1.92 bits per heavy atom. The predicted molar refractivity (Wildman–Crippen MR) is 105 cm³/mol. The average Bonchev–Trinajstić information content (AvgIpc) is 3.17. The van der Waals surface area contributed by atoms with Crippen LogP contribution >= 0.6 is 23.6 Å². The lowest BCUT2D eigenvalue weighted by Crippen LogP contribution is -1.93. The number of thiazole rings is 1. The monoisotopic (exact) mass is 366 g/mol. The van der Waals surface area contributed by atoms with Crippen molar-refractivity contribution in [1.29, 1.82) is 0 Å². The van der Waals surface area contributed by atoms with Crippen LogP contribution in [0.2, 0.25) is 0 Å². The van der Waals surface area contributed by atoms with Crippen LogP contribution in [0, 0.1) is 3.95 Å². The summed E-state index contributed by atoms with van der Waals surface area (Å²) in [6.07, 6.45) is 3.73. The normalized spacial score (nSPS) is 14.0.